The zero-order chi connectivity index (χ0) is 8.20. The Hall–Kier alpha value is -0.310. The van der Waals surface area contributed by atoms with E-state index in [4.69, 9.17) is 5.73 Å². The van der Waals surface area contributed by atoms with E-state index in [1.54, 1.807) is 6.21 Å². The SMILES string of the molecule is CC(C)(C)N=CC(Br)=CN. The molecule has 0 unspecified atom stereocenters. The fourth-order valence-electron chi connectivity index (χ4n) is 0.298. The van der Waals surface area contributed by atoms with Crippen molar-refractivity contribution in [3.05, 3.63) is 10.7 Å². The average molecular weight is 205 g/mol. The van der Waals surface area contributed by atoms with Gasteiger partial charge in [0.2, 0.25) is 0 Å². The Morgan fingerprint density at radius 3 is 2.30 bits per heavy atom. The number of allylic oxidation sites excluding steroid dienone is 1. The molecule has 0 aromatic rings. The lowest BCUT2D eigenvalue weighted by Gasteiger charge is -2.10. The molecule has 0 aromatic heterocycles. The van der Waals surface area contributed by atoms with Gasteiger partial charge in [0.25, 0.3) is 0 Å². The molecule has 0 bridgehead atoms. The molecule has 0 aliphatic rings. The van der Waals surface area contributed by atoms with Gasteiger partial charge in [-0.15, -0.1) is 0 Å². The molecule has 2 nitrogen and oxygen atoms in total. The molecule has 0 rings (SSSR count). The van der Waals surface area contributed by atoms with E-state index in [9.17, 15) is 0 Å². The molecule has 0 fully saturated rings. The topological polar surface area (TPSA) is 38.4 Å². The van der Waals surface area contributed by atoms with E-state index in [1.807, 2.05) is 20.8 Å². The number of hydrogen-bond acceptors (Lipinski definition) is 2. The van der Waals surface area contributed by atoms with Crippen LogP contribution in [0.4, 0.5) is 0 Å². The predicted octanol–water partition coefficient (Wildman–Crippen LogP) is 2.05. The summed E-state index contributed by atoms with van der Waals surface area (Å²) in [6.07, 6.45) is 3.18. The molecule has 0 saturated carbocycles. The Kier molecular flexibility index (Phi) is 3.64. The molecule has 0 aliphatic heterocycles. The van der Waals surface area contributed by atoms with Crippen molar-refractivity contribution in [2.24, 2.45) is 10.7 Å². The highest BCUT2D eigenvalue weighted by atomic mass is 79.9. The first kappa shape index (κ1) is 9.69. The summed E-state index contributed by atoms with van der Waals surface area (Å²) >= 11 is 3.22. The molecule has 0 saturated heterocycles. The second-order valence-electron chi connectivity index (χ2n) is 2.98. The highest BCUT2D eigenvalue weighted by Crippen LogP contribution is 2.07. The van der Waals surface area contributed by atoms with Crippen LogP contribution < -0.4 is 5.73 Å². The lowest BCUT2D eigenvalue weighted by atomic mass is 10.1. The third-order valence-electron chi connectivity index (χ3n) is 0.734. The first-order valence-electron chi connectivity index (χ1n) is 3.08. The smallest absolute Gasteiger partial charge is 0.0524 e. The number of nitrogens with zero attached hydrogens (tertiary/aromatic N) is 1. The van der Waals surface area contributed by atoms with Crippen molar-refractivity contribution in [2.45, 2.75) is 26.3 Å². The molecular weight excluding hydrogens is 192 g/mol. The predicted molar refractivity (Wildman–Crippen MR) is 49.4 cm³/mol. The zero-order valence-corrected chi connectivity index (χ0v) is 8.14. The van der Waals surface area contributed by atoms with Gasteiger partial charge in [0.05, 0.1) is 10.0 Å². The number of aliphatic imine (C=N–C) groups is 1. The Morgan fingerprint density at radius 2 is 2.00 bits per heavy atom. The van der Waals surface area contributed by atoms with Gasteiger partial charge in [-0.25, -0.2) is 0 Å². The van der Waals surface area contributed by atoms with Gasteiger partial charge in [0.15, 0.2) is 0 Å². The van der Waals surface area contributed by atoms with Gasteiger partial charge in [-0.05, 0) is 36.7 Å². The molecule has 0 aliphatic carbocycles. The summed E-state index contributed by atoms with van der Waals surface area (Å²) < 4.78 is 0.808. The lowest BCUT2D eigenvalue weighted by molar-refractivity contribution is 0.587. The van der Waals surface area contributed by atoms with Crippen LogP contribution in [0.2, 0.25) is 0 Å². The summed E-state index contributed by atoms with van der Waals surface area (Å²) in [5.41, 5.74) is 5.18. The summed E-state index contributed by atoms with van der Waals surface area (Å²) in [7, 11) is 0. The molecule has 0 amide bonds. The molecule has 10 heavy (non-hydrogen) atoms. The van der Waals surface area contributed by atoms with Crippen molar-refractivity contribution in [1.82, 2.24) is 0 Å². The zero-order valence-electron chi connectivity index (χ0n) is 6.56. The van der Waals surface area contributed by atoms with Crippen LogP contribution in [-0.2, 0) is 0 Å². The molecule has 0 atom stereocenters. The van der Waals surface area contributed by atoms with Crippen LogP contribution >= 0.6 is 15.9 Å². The van der Waals surface area contributed by atoms with Crippen LogP contribution in [0, 0.1) is 0 Å². The standard InChI is InChI=1S/C7H13BrN2/c1-7(2,3)10-5-6(8)4-9/h4-5H,9H2,1-3H3. The van der Waals surface area contributed by atoms with Crippen LogP contribution in [0.15, 0.2) is 15.7 Å². The third kappa shape index (κ3) is 5.82. The fourth-order valence-corrected chi connectivity index (χ4v) is 0.401. The van der Waals surface area contributed by atoms with Crippen molar-refractivity contribution >= 4 is 22.1 Å². The summed E-state index contributed by atoms with van der Waals surface area (Å²) in [5, 5.41) is 0. The minimum atomic E-state index is -0.0258. The number of nitrogens with two attached hydrogens (primary N) is 1. The number of rotatable bonds is 1. The van der Waals surface area contributed by atoms with Crippen LogP contribution in [-0.4, -0.2) is 11.8 Å². The van der Waals surface area contributed by atoms with E-state index in [1.165, 1.54) is 6.20 Å². The van der Waals surface area contributed by atoms with Gasteiger partial charge in [0, 0.05) is 12.4 Å². The maximum absolute atomic E-state index is 5.20. The first-order valence-corrected chi connectivity index (χ1v) is 3.87. The van der Waals surface area contributed by atoms with Crippen molar-refractivity contribution in [1.29, 1.82) is 0 Å². The molecule has 0 radical (unpaired) electrons. The van der Waals surface area contributed by atoms with E-state index in [0.29, 0.717) is 0 Å². The Labute approximate surface area is 70.3 Å². The number of halogens is 1. The first-order chi connectivity index (χ1) is 4.45. The minimum absolute atomic E-state index is 0.0258. The Morgan fingerprint density at radius 1 is 1.50 bits per heavy atom. The van der Waals surface area contributed by atoms with E-state index in [2.05, 4.69) is 20.9 Å². The monoisotopic (exact) mass is 204 g/mol. The maximum atomic E-state index is 5.20. The van der Waals surface area contributed by atoms with E-state index < -0.39 is 0 Å². The highest BCUT2D eigenvalue weighted by Gasteiger charge is 2.04. The Bertz CT molecular complexity index is 153. The van der Waals surface area contributed by atoms with Gasteiger partial charge in [-0.1, -0.05) is 0 Å². The van der Waals surface area contributed by atoms with Crippen LogP contribution in [0.25, 0.3) is 0 Å². The summed E-state index contributed by atoms with van der Waals surface area (Å²) in [5.74, 6) is 0. The van der Waals surface area contributed by atoms with E-state index in [-0.39, 0.29) is 5.54 Å². The summed E-state index contributed by atoms with van der Waals surface area (Å²) in [6, 6.07) is 0. The molecule has 58 valence electrons. The summed E-state index contributed by atoms with van der Waals surface area (Å²) in [4.78, 5) is 4.21. The molecule has 3 heteroatoms. The van der Waals surface area contributed by atoms with Crippen LogP contribution in [0.1, 0.15) is 20.8 Å². The number of hydrogen-bond donors (Lipinski definition) is 1. The second-order valence-corrected chi connectivity index (χ2v) is 3.90. The highest BCUT2D eigenvalue weighted by molar-refractivity contribution is 9.12. The molecule has 0 aromatic carbocycles. The van der Waals surface area contributed by atoms with E-state index >= 15 is 0 Å². The third-order valence-corrected chi connectivity index (χ3v) is 1.20. The van der Waals surface area contributed by atoms with Gasteiger partial charge in [-0.3, -0.25) is 4.99 Å². The van der Waals surface area contributed by atoms with Crippen LogP contribution in [0.3, 0.4) is 0 Å². The fraction of sp³-hybridized carbons (Fsp3) is 0.571. The summed E-state index contributed by atoms with van der Waals surface area (Å²) in [6.45, 7) is 6.08. The minimum Gasteiger partial charge on any atom is -0.404 e. The maximum Gasteiger partial charge on any atom is 0.0524 e. The van der Waals surface area contributed by atoms with Gasteiger partial charge in [0.1, 0.15) is 0 Å². The normalized spacial score (nSPS) is 14.6. The van der Waals surface area contributed by atoms with Gasteiger partial charge in [-0.2, -0.15) is 0 Å². The second kappa shape index (κ2) is 3.76. The molecule has 0 spiro atoms. The molecular formula is C7H13BrN2. The van der Waals surface area contributed by atoms with Crippen molar-refractivity contribution in [3.63, 3.8) is 0 Å². The van der Waals surface area contributed by atoms with Gasteiger partial charge >= 0.3 is 0 Å². The molecule has 0 heterocycles. The Balaban J connectivity index is 4.01. The van der Waals surface area contributed by atoms with Gasteiger partial charge < -0.3 is 5.73 Å². The van der Waals surface area contributed by atoms with Crippen molar-refractivity contribution in [2.75, 3.05) is 0 Å². The van der Waals surface area contributed by atoms with Crippen LogP contribution in [0.5, 0.6) is 0 Å². The van der Waals surface area contributed by atoms with E-state index in [0.717, 1.165) is 4.48 Å². The van der Waals surface area contributed by atoms with Crippen molar-refractivity contribution in [3.8, 4) is 0 Å². The largest absolute Gasteiger partial charge is 0.404 e. The molecule has 2 N–H and O–H groups in total. The quantitative estimate of drug-likeness (QED) is 0.653. The lowest BCUT2D eigenvalue weighted by Crippen LogP contribution is -2.09. The van der Waals surface area contributed by atoms with Crippen molar-refractivity contribution < 1.29 is 0 Å². The average Bonchev–Trinajstić information content (AvgIpc) is 1.81.